The van der Waals surface area contributed by atoms with E-state index in [4.69, 9.17) is 34.8 Å². The normalized spacial score (nSPS) is 10.3. The van der Waals surface area contributed by atoms with E-state index in [1.54, 1.807) is 12.1 Å². The van der Waals surface area contributed by atoms with Gasteiger partial charge in [0.05, 0.1) is 15.7 Å². The van der Waals surface area contributed by atoms with Gasteiger partial charge >= 0.3 is 0 Å². The highest BCUT2D eigenvalue weighted by Crippen LogP contribution is 2.35. The third-order valence-electron chi connectivity index (χ3n) is 1.54. The minimum absolute atomic E-state index is 0.419. The maximum absolute atomic E-state index is 5.96. The van der Waals surface area contributed by atoms with E-state index in [9.17, 15) is 0 Å². The lowest BCUT2D eigenvalue weighted by Gasteiger charge is -2.07. The van der Waals surface area contributed by atoms with Crippen molar-refractivity contribution in [2.75, 3.05) is 5.32 Å². The summed E-state index contributed by atoms with van der Waals surface area (Å²) < 4.78 is 3.60. The number of rotatable bonds is 2. The molecule has 0 saturated heterocycles. The van der Waals surface area contributed by atoms with Crippen LogP contribution < -0.4 is 5.32 Å². The van der Waals surface area contributed by atoms with E-state index in [1.165, 1.54) is 0 Å². The second kappa shape index (κ2) is 4.49. The fourth-order valence-electron chi connectivity index (χ4n) is 0.950. The summed E-state index contributed by atoms with van der Waals surface area (Å²) in [6.45, 7) is 0. The van der Waals surface area contributed by atoms with Gasteiger partial charge in [-0.25, -0.2) is 0 Å². The molecule has 0 fully saturated rings. The van der Waals surface area contributed by atoms with Crippen molar-refractivity contribution in [1.82, 2.24) is 14.8 Å². The Balaban J connectivity index is 2.36. The molecule has 1 heterocycles. The van der Waals surface area contributed by atoms with Crippen LogP contribution >= 0.6 is 46.3 Å². The molecule has 15 heavy (non-hydrogen) atoms. The van der Waals surface area contributed by atoms with Crippen LogP contribution in [-0.2, 0) is 0 Å². The predicted octanol–water partition coefficient (Wildman–Crippen LogP) is 3.64. The van der Waals surface area contributed by atoms with Gasteiger partial charge in [0.25, 0.3) is 0 Å². The molecule has 0 saturated carbocycles. The Hall–Kier alpha value is -0.620. The summed E-state index contributed by atoms with van der Waals surface area (Å²) in [6.07, 6.45) is 0. The van der Waals surface area contributed by atoms with E-state index in [-0.39, 0.29) is 0 Å². The molecular formula is C7H3Cl3N4S. The number of hydrogen-bond acceptors (Lipinski definition) is 5. The van der Waals surface area contributed by atoms with E-state index in [0.29, 0.717) is 25.9 Å². The minimum atomic E-state index is 0.419. The zero-order valence-electron chi connectivity index (χ0n) is 7.04. The molecule has 0 amide bonds. The Morgan fingerprint density at radius 1 is 1.13 bits per heavy atom. The second-order valence-electron chi connectivity index (χ2n) is 2.54. The van der Waals surface area contributed by atoms with E-state index < -0.39 is 0 Å². The van der Waals surface area contributed by atoms with Crippen LogP contribution in [-0.4, -0.2) is 14.8 Å². The first kappa shape index (κ1) is 10.9. The van der Waals surface area contributed by atoms with Gasteiger partial charge in [0.1, 0.15) is 0 Å². The zero-order chi connectivity index (χ0) is 10.8. The molecule has 2 rings (SSSR count). The molecule has 0 radical (unpaired) electrons. The van der Waals surface area contributed by atoms with Gasteiger partial charge in [-0.05, 0) is 17.3 Å². The van der Waals surface area contributed by atoms with Crippen molar-refractivity contribution in [2.24, 2.45) is 0 Å². The van der Waals surface area contributed by atoms with Gasteiger partial charge < -0.3 is 5.32 Å². The van der Waals surface area contributed by atoms with Crippen LogP contribution in [0, 0.1) is 0 Å². The van der Waals surface area contributed by atoms with Gasteiger partial charge in [0.15, 0.2) is 0 Å². The van der Waals surface area contributed by atoms with Crippen LogP contribution in [0.25, 0.3) is 0 Å². The van der Waals surface area contributed by atoms with E-state index in [1.807, 2.05) is 0 Å². The lowest BCUT2D eigenvalue weighted by Crippen LogP contribution is -1.92. The molecule has 78 valence electrons. The number of hydrogen-bond donors (Lipinski definition) is 1. The van der Waals surface area contributed by atoms with Crippen molar-refractivity contribution in [1.29, 1.82) is 0 Å². The summed E-state index contributed by atoms with van der Waals surface area (Å²) >= 11 is 18.8. The van der Waals surface area contributed by atoms with Gasteiger partial charge in [0, 0.05) is 16.6 Å². The van der Waals surface area contributed by atoms with Crippen LogP contribution in [0.1, 0.15) is 0 Å². The smallest absolute Gasteiger partial charge is 0.229 e. The van der Waals surface area contributed by atoms with Crippen LogP contribution in [0.3, 0.4) is 0 Å². The number of nitrogens with zero attached hydrogens (tertiary/aromatic N) is 3. The van der Waals surface area contributed by atoms with Crippen molar-refractivity contribution in [3.8, 4) is 0 Å². The molecule has 0 atom stereocenters. The first-order valence-electron chi connectivity index (χ1n) is 3.73. The fraction of sp³-hybridized carbons (Fsp3) is 0. The van der Waals surface area contributed by atoms with Crippen molar-refractivity contribution in [3.63, 3.8) is 0 Å². The molecule has 8 heteroatoms. The van der Waals surface area contributed by atoms with Crippen molar-refractivity contribution in [3.05, 3.63) is 27.2 Å². The number of halogens is 3. The maximum atomic E-state index is 5.96. The van der Waals surface area contributed by atoms with E-state index in [2.05, 4.69) is 20.1 Å². The SMILES string of the molecule is Clc1cc(Cl)c(Nc2nnns2)c(Cl)c1. The Bertz CT molecular complexity index is 450. The molecule has 0 aliphatic heterocycles. The highest BCUT2D eigenvalue weighted by molar-refractivity contribution is 7.09. The lowest BCUT2D eigenvalue weighted by molar-refractivity contribution is 0.961. The summed E-state index contributed by atoms with van der Waals surface area (Å²) in [6, 6.07) is 3.18. The number of benzene rings is 1. The molecule has 0 aliphatic carbocycles. The topological polar surface area (TPSA) is 50.7 Å². The van der Waals surface area contributed by atoms with E-state index >= 15 is 0 Å². The Kier molecular flexibility index (Phi) is 3.25. The molecule has 0 bridgehead atoms. The van der Waals surface area contributed by atoms with Gasteiger partial charge in [-0.3, -0.25) is 0 Å². The summed E-state index contributed by atoms with van der Waals surface area (Å²) in [7, 11) is 0. The molecule has 2 aromatic rings. The molecule has 1 N–H and O–H groups in total. The predicted molar refractivity (Wildman–Crippen MR) is 62.5 cm³/mol. The molecule has 1 aromatic carbocycles. The summed E-state index contributed by atoms with van der Waals surface area (Å²) in [5.74, 6) is 0. The van der Waals surface area contributed by atoms with Gasteiger partial charge in [-0.2, -0.15) is 0 Å². The molecule has 4 nitrogen and oxygen atoms in total. The third-order valence-corrected chi connectivity index (χ3v) is 2.86. The molecule has 0 spiro atoms. The van der Waals surface area contributed by atoms with E-state index in [0.717, 1.165) is 11.5 Å². The van der Waals surface area contributed by atoms with Gasteiger partial charge in [0.2, 0.25) is 5.13 Å². The largest absolute Gasteiger partial charge is 0.326 e. The van der Waals surface area contributed by atoms with Crippen LogP contribution in [0.5, 0.6) is 0 Å². The van der Waals surface area contributed by atoms with Crippen molar-refractivity contribution < 1.29 is 0 Å². The first-order valence-corrected chi connectivity index (χ1v) is 5.64. The Labute approximate surface area is 104 Å². The van der Waals surface area contributed by atoms with Crippen LogP contribution in [0.15, 0.2) is 12.1 Å². The fourth-order valence-corrected chi connectivity index (χ4v) is 2.23. The third kappa shape index (κ3) is 2.49. The molecule has 0 unspecified atom stereocenters. The highest BCUT2D eigenvalue weighted by atomic mass is 35.5. The summed E-state index contributed by atoms with van der Waals surface area (Å²) in [5, 5.41) is 11.9. The first-order chi connectivity index (χ1) is 7.16. The molecule has 0 aliphatic rings. The van der Waals surface area contributed by atoms with Crippen LogP contribution in [0.4, 0.5) is 10.8 Å². The van der Waals surface area contributed by atoms with Gasteiger partial charge in [-0.15, -0.1) is 0 Å². The van der Waals surface area contributed by atoms with Crippen molar-refractivity contribution >= 4 is 57.2 Å². The quantitative estimate of drug-likeness (QED) is 0.913. The number of nitrogens with one attached hydrogen (secondary N) is 1. The standard InChI is InChI=1S/C7H3Cl3N4S/c8-3-1-4(9)6(5(10)2-3)11-7-12-13-14-15-7/h1-2H,(H,11,12,14). The Morgan fingerprint density at radius 2 is 1.80 bits per heavy atom. The second-order valence-corrected chi connectivity index (χ2v) is 4.52. The monoisotopic (exact) mass is 280 g/mol. The minimum Gasteiger partial charge on any atom is -0.326 e. The van der Waals surface area contributed by atoms with Crippen LogP contribution in [0.2, 0.25) is 15.1 Å². The summed E-state index contributed by atoms with van der Waals surface area (Å²) in [5.41, 5.74) is 0.543. The molecular weight excluding hydrogens is 279 g/mol. The number of aromatic nitrogens is 3. The lowest BCUT2D eigenvalue weighted by atomic mass is 10.3. The highest BCUT2D eigenvalue weighted by Gasteiger charge is 2.09. The average molecular weight is 282 g/mol. The molecule has 1 aromatic heterocycles. The van der Waals surface area contributed by atoms with Gasteiger partial charge in [-0.1, -0.05) is 44.4 Å². The number of anilines is 2. The maximum Gasteiger partial charge on any atom is 0.229 e. The summed E-state index contributed by atoms with van der Waals surface area (Å²) in [4.78, 5) is 0. The zero-order valence-corrected chi connectivity index (χ0v) is 10.1. The van der Waals surface area contributed by atoms with Crippen molar-refractivity contribution in [2.45, 2.75) is 0 Å². The Morgan fingerprint density at radius 3 is 2.33 bits per heavy atom. The average Bonchev–Trinajstić information content (AvgIpc) is 2.63.